The Balaban J connectivity index is 1.43. The monoisotopic (exact) mass is 294 g/mol. The molecule has 1 saturated heterocycles. The van der Waals surface area contributed by atoms with E-state index < -0.39 is 0 Å². The molecular weight excluding hydrogens is 268 g/mol. The van der Waals surface area contributed by atoms with Gasteiger partial charge in [-0.15, -0.1) is 0 Å². The summed E-state index contributed by atoms with van der Waals surface area (Å²) in [6.07, 6.45) is 1.26. The lowest BCUT2D eigenvalue weighted by molar-refractivity contribution is 0.319. The fourth-order valence-electron chi connectivity index (χ4n) is 3.23. The summed E-state index contributed by atoms with van der Waals surface area (Å²) in [5.41, 5.74) is 2.84. The summed E-state index contributed by atoms with van der Waals surface area (Å²) < 4.78 is 0. The van der Waals surface area contributed by atoms with Crippen molar-refractivity contribution in [3.05, 3.63) is 71.8 Å². The minimum atomic E-state index is 0.573. The van der Waals surface area contributed by atoms with E-state index in [9.17, 15) is 0 Å². The first-order valence-corrected chi connectivity index (χ1v) is 8.36. The van der Waals surface area contributed by atoms with Crippen LogP contribution in [0.1, 0.15) is 30.4 Å². The summed E-state index contributed by atoms with van der Waals surface area (Å²) in [5.74, 6) is 0.573. The normalized spacial score (nSPS) is 20.1. The summed E-state index contributed by atoms with van der Waals surface area (Å²) in [4.78, 5) is 2.56. The SMILES string of the molecule is C[C@@H](CN[C@@H]1CCN(Cc2ccccc2)C1)c1ccccc1. The molecule has 0 saturated carbocycles. The Kier molecular flexibility index (Phi) is 5.25. The van der Waals surface area contributed by atoms with Crippen LogP contribution in [0.15, 0.2) is 60.7 Å². The Morgan fingerprint density at radius 1 is 1.05 bits per heavy atom. The molecule has 2 nitrogen and oxygen atoms in total. The third-order valence-electron chi connectivity index (χ3n) is 4.60. The lowest BCUT2D eigenvalue weighted by Gasteiger charge is -2.19. The van der Waals surface area contributed by atoms with Gasteiger partial charge in [-0.05, 0) is 23.5 Å². The highest BCUT2D eigenvalue weighted by molar-refractivity contribution is 5.19. The van der Waals surface area contributed by atoms with Crippen LogP contribution >= 0.6 is 0 Å². The molecule has 0 radical (unpaired) electrons. The van der Waals surface area contributed by atoms with Gasteiger partial charge in [0.25, 0.3) is 0 Å². The molecule has 0 spiro atoms. The first kappa shape index (κ1) is 15.3. The zero-order valence-electron chi connectivity index (χ0n) is 13.4. The molecule has 3 rings (SSSR count). The molecule has 0 aromatic heterocycles. The van der Waals surface area contributed by atoms with Crippen LogP contribution in [-0.4, -0.2) is 30.6 Å². The summed E-state index contributed by atoms with van der Waals surface area (Å²) in [5, 5.41) is 3.75. The van der Waals surface area contributed by atoms with Gasteiger partial charge < -0.3 is 5.32 Å². The maximum absolute atomic E-state index is 3.75. The number of rotatable bonds is 6. The third kappa shape index (κ3) is 4.19. The van der Waals surface area contributed by atoms with Crippen molar-refractivity contribution in [2.75, 3.05) is 19.6 Å². The second-order valence-corrected chi connectivity index (χ2v) is 6.43. The smallest absolute Gasteiger partial charge is 0.0234 e. The molecule has 0 aliphatic carbocycles. The van der Waals surface area contributed by atoms with Crippen LogP contribution in [0.5, 0.6) is 0 Å². The average Bonchev–Trinajstić information content (AvgIpc) is 3.02. The number of nitrogens with one attached hydrogen (secondary N) is 1. The molecule has 0 unspecified atom stereocenters. The number of hydrogen-bond acceptors (Lipinski definition) is 2. The minimum absolute atomic E-state index is 0.573. The van der Waals surface area contributed by atoms with Crippen molar-refractivity contribution >= 4 is 0 Å². The van der Waals surface area contributed by atoms with E-state index in [2.05, 4.69) is 77.8 Å². The quantitative estimate of drug-likeness (QED) is 0.875. The van der Waals surface area contributed by atoms with Crippen LogP contribution in [-0.2, 0) is 6.54 Å². The Morgan fingerprint density at radius 3 is 2.45 bits per heavy atom. The highest BCUT2D eigenvalue weighted by atomic mass is 15.2. The summed E-state index contributed by atoms with van der Waals surface area (Å²) in [7, 11) is 0. The molecule has 2 aromatic rings. The topological polar surface area (TPSA) is 15.3 Å². The van der Waals surface area contributed by atoms with E-state index in [1.165, 1.54) is 24.1 Å². The Bertz CT molecular complexity index is 552. The van der Waals surface area contributed by atoms with E-state index in [-0.39, 0.29) is 0 Å². The molecule has 2 atom stereocenters. The summed E-state index contributed by atoms with van der Waals surface area (Å²) in [6.45, 7) is 6.81. The summed E-state index contributed by atoms with van der Waals surface area (Å²) >= 11 is 0. The van der Waals surface area contributed by atoms with Gasteiger partial charge in [-0.25, -0.2) is 0 Å². The van der Waals surface area contributed by atoms with Crippen LogP contribution in [0.2, 0.25) is 0 Å². The molecule has 2 heteroatoms. The van der Waals surface area contributed by atoms with Gasteiger partial charge in [0.15, 0.2) is 0 Å². The number of likely N-dealkylation sites (tertiary alicyclic amines) is 1. The lowest BCUT2D eigenvalue weighted by atomic mass is 10.0. The van der Waals surface area contributed by atoms with Gasteiger partial charge in [-0.3, -0.25) is 4.90 Å². The summed E-state index contributed by atoms with van der Waals surface area (Å²) in [6, 6.07) is 22.2. The van der Waals surface area contributed by atoms with Gasteiger partial charge in [0.1, 0.15) is 0 Å². The van der Waals surface area contributed by atoms with E-state index >= 15 is 0 Å². The van der Waals surface area contributed by atoms with E-state index in [1.807, 2.05) is 0 Å². The Labute approximate surface area is 134 Å². The van der Waals surface area contributed by atoms with Crippen LogP contribution in [0.4, 0.5) is 0 Å². The maximum atomic E-state index is 3.75. The van der Waals surface area contributed by atoms with Crippen LogP contribution in [0.3, 0.4) is 0 Å². The highest BCUT2D eigenvalue weighted by Crippen LogP contribution is 2.16. The third-order valence-corrected chi connectivity index (χ3v) is 4.60. The maximum Gasteiger partial charge on any atom is 0.0234 e. The highest BCUT2D eigenvalue weighted by Gasteiger charge is 2.22. The minimum Gasteiger partial charge on any atom is -0.312 e. The molecule has 1 aliphatic rings. The molecule has 116 valence electrons. The first-order chi connectivity index (χ1) is 10.8. The van der Waals surface area contributed by atoms with Gasteiger partial charge in [-0.2, -0.15) is 0 Å². The van der Waals surface area contributed by atoms with E-state index in [4.69, 9.17) is 0 Å². The molecular formula is C20H26N2. The van der Waals surface area contributed by atoms with Gasteiger partial charge >= 0.3 is 0 Å². The molecule has 1 heterocycles. The molecule has 0 amide bonds. The van der Waals surface area contributed by atoms with Crippen molar-refractivity contribution in [1.29, 1.82) is 0 Å². The predicted molar refractivity (Wildman–Crippen MR) is 93.0 cm³/mol. The molecule has 0 bridgehead atoms. The zero-order valence-corrected chi connectivity index (χ0v) is 13.4. The predicted octanol–water partition coefficient (Wildman–Crippen LogP) is 3.65. The lowest BCUT2D eigenvalue weighted by Crippen LogP contribution is -2.34. The van der Waals surface area contributed by atoms with Crippen molar-refractivity contribution in [1.82, 2.24) is 10.2 Å². The molecule has 22 heavy (non-hydrogen) atoms. The van der Waals surface area contributed by atoms with E-state index in [0.29, 0.717) is 12.0 Å². The second kappa shape index (κ2) is 7.57. The molecule has 2 aromatic carbocycles. The van der Waals surface area contributed by atoms with E-state index in [1.54, 1.807) is 0 Å². The van der Waals surface area contributed by atoms with Gasteiger partial charge in [0, 0.05) is 32.2 Å². The fraction of sp³-hybridized carbons (Fsp3) is 0.400. The largest absolute Gasteiger partial charge is 0.312 e. The van der Waals surface area contributed by atoms with Crippen LogP contribution in [0, 0.1) is 0 Å². The molecule has 1 fully saturated rings. The standard InChI is InChI=1S/C20H26N2/c1-17(19-10-6-3-7-11-19)14-21-20-12-13-22(16-20)15-18-8-4-2-5-9-18/h2-11,17,20-21H,12-16H2,1H3/t17-,20+/m0/s1. The van der Waals surface area contributed by atoms with Gasteiger partial charge in [0.05, 0.1) is 0 Å². The second-order valence-electron chi connectivity index (χ2n) is 6.43. The van der Waals surface area contributed by atoms with Crippen LogP contribution < -0.4 is 5.32 Å². The van der Waals surface area contributed by atoms with E-state index in [0.717, 1.165) is 19.6 Å². The van der Waals surface area contributed by atoms with Crippen molar-refractivity contribution in [3.8, 4) is 0 Å². The van der Waals surface area contributed by atoms with Crippen molar-refractivity contribution in [2.45, 2.75) is 31.8 Å². The molecule has 1 N–H and O–H groups in total. The first-order valence-electron chi connectivity index (χ1n) is 8.36. The number of hydrogen-bond donors (Lipinski definition) is 1. The van der Waals surface area contributed by atoms with Crippen LogP contribution in [0.25, 0.3) is 0 Å². The Morgan fingerprint density at radius 2 is 1.73 bits per heavy atom. The number of nitrogens with zero attached hydrogens (tertiary/aromatic N) is 1. The van der Waals surface area contributed by atoms with Gasteiger partial charge in [-0.1, -0.05) is 67.6 Å². The van der Waals surface area contributed by atoms with Gasteiger partial charge in [0.2, 0.25) is 0 Å². The van der Waals surface area contributed by atoms with Crippen molar-refractivity contribution in [2.24, 2.45) is 0 Å². The average molecular weight is 294 g/mol. The van der Waals surface area contributed by atoms with Crippen molar-refractivity contribution < 1.29 is 0 Å². The Hall–Kier alpha value is -1.64. The fourth-order valence-corrected chi connectivity index (χ4v) is 3.23. The molecule has 1 aliphatic heterocycles. The number of benzene rings is 2. The van der Waals surface area contributed by atoms with Crippen molar-refractivity contribution in [3.63, 3.8) is 0 Å². The zero-order chi connectivity index (χ0) is 15.2.